The molecule has 0 radical (unpaired) electrons. The van der Waals surface area contributed by atoms with Gasteiger partial charge in [-0.05, 0) is 111 Å². The Morgan fingerprint density at radius 2 is 0.925 bits per heavy atom. The van der Waals surface area contributed by atoms with E-state index in [0.717, 1.165) is 0 Å². The van der Waals surface area contributed by atoms with Gasteiger partial charge in [0.2, 0.25) is 0 Å². The van der Waals surface area contributed by atoms with E-state index in [4.69, 9.17) is 0 Å². The van der Waals surface area contributed by atoms with Gasteiger partial charge in [-0.2, -0.15) is 0 Å². The van der Waals surface area contributed by atoms with E-state index in [1.165, 1.54) is 88.1 Å². The van der Waals surface area contributed by atoms with Crippen LogP contribution in [0.4, 0.5) is 0 Å². The van der Waals surface area contributed by atoms with Crippen LogP contribution >= 0.6 is 0 Å². The Morgan fingerprint density at radius 3 is 1.51 bits per heavy atom. The number of hydrogen-bond acceptors (Lipinski definition) is 0. The monoisotopic (exact) mass is 692 g/mol. The van der Waals surface area contributed by atoms with E-state index in [1.54, 1.807) is 10.8 Å². The van der Waals surface area contributed by atoms with Crippen LogP contribution in [0.15, 0.2) is 176 Å². The van der Waals surface area contributed by atoms with Gasteiger partial charge in [0.25, 0.3) is 0 Å². The minimum atomic E-state index is -1.89. The first-order valence-electron chi connectivity index (χ1n) is 19.2. The van der Waals surface area contributed by atoms with Crippen molar-refractivity contribution in [1.82, 2.24) is 0 Å². The molecule has 11 rings (SSSR count). The van der Waals surface area contributed by atoms with Crippen LogP contribution in [-0.4, -0.2) is 8.07 Å². The number of fused-ring (bicyclic) bond motifs is 8. The van der Waals surface area contributed by atoms with Crippen LogP contribution in [0.2, 0.25) is 18.6 Å². The summed E-state index contributed by atoms with van der Waals surface area (Å²) in [5.74, 6) is 0.896. The SMILES string of the molecule is C[Si]1(C)c2cc3c(-c4ccc5ccccc5c4)c4ccccc4c(-c4ccc5ccccc5c4)c3cc2C2C=CC(c3ccc4ccccc4c3)CC21. The van der Waals surface area contributed by atoms with Gasteiger partial charge in [0.15, 0.2) is 0 Å². The van der Waals surface area contributed by atoms with Crippen LogP contribution in [0.5, 0.6) is 0 Å². The average molecular weight is 693 g/mol. The lowest BCUT2D eigenvalue weighted by Crippen LogP contribution is -2.42. The summed E-state index contributed by atoms with van der Waals surface area (Å²) in [6.07, 6.45) is 6.35. The summed E-state index contributed by atoms with van der Waals surface area (Å²) in [5, 5.41) is 14.8. The molecule has 0 amide bonds. The van der Waals surface area contributed by atoms with Gasteiger partial charge in [-0.1, -0.05) is 182 Å². The molecule has 0 spiro atoms. The molecular weight excluding hydrogens is 653 g/mol. The summed E-state index contributed by atoms with van der Waals surface area (Å²) in [4.78, 5) is 0. The van der Waals surface area contributed by atoms with Crippen molar-refractivity contribution in [2.24, 2.45) is 0 Å². The van der Waals surface area contributed by atoms with Crippen molar-refractivity contribution in [2.75, 3.05) is 0 Å². The molecule has 0 N–H and O–H groups in total. The third-order valence-corrected chi connectivity index (χ3v) is 17.2. The van der Waals surface area contributed by atoms with Crippen LogP contribution < -0.4 is 5.19 Å². The standard InChI is InChI=1S/C52H40Si/c1-53(2)49-30-40(39-22-19-33-11-3-6-14-36(33)27-39)25-26-43(49)46-31-47-48(32-50(46)53)52(42-24-21-35-13-5-8-16-38(35)29-42)45-18-10-9-17-44(45)51(47)41-23-20-34-12-4-7-15-37(34)28-41/h3-29,31-32,40,43,49H,30H2,1-2H3. The first kappa shape index (κ1) is 30.8. The van der Waals surface area contributed by atoms with Crippen molar-refractivity contribution in [3.05, 3.63) is 187 Å². The van der Waals surface area contributed by atoms with Gasteiger partial charge in [0.1, 0.15) is 0 Å². The molecule has 0 bridgehead atoms. The molecule has 0 saturated carbocycles. The number of benzene rings is 9. The quantitative estimate of drug-likeness (QED) is 0.0982. The summed E-state index contributed by atoms with van der Waals surface area (Å²) in [7, 11) is -1.89. The van der Waals surface area contributed by atoms with Gasteiger partial charge in [-0.15, -0.1) is 0 Å². The largest absolute Gasteiger partial charge is 0.0850 e. The first-order chi connectivity index (χ1) is 26.0. The fourth-order valence-electron chi connectivity index (χ4n) is 10.2. The maximum atomic E-state index is 2.68. The molecule has 0 aromatic heterocycles. The molecule has 2 aliphatic rings. The smallest absolute Gasteiger partial charge is 0.0804 e. The predicted octanol–water partition coefficient (Wildman–Crippen LogP) is 13.9. The van der Waals surface area contributed by atoms with Crippen LogP contribution in [0.1, 0.15) is 29.4 Å². The van der Waals surface area contributed by atoms with Crippen LogP contribution in [0.25, 0.3) is 76.1 Å². The second-order valence-corrected chi connectivity index (χ2v) is 20.8. The van der Waals surface area contributed by atoms with Crippen LogP contribution in [-0.2, 0) is 0 Å². The van der Waals surface area contributed by atoms with E-state index < -0.39 is 8.07 Å². The molecule has 9 aromatic carbocycles. The molecule has 1 heterocycles. The average Bonchev–Trinajstić information content (AvgIpc) is 3.43. The van der Waals surface area contributed by atoms with Gasteiger partial charge < -0.3 is 0 Å². The summed E-state index contributed by atoms with van der Waals surface area (Å²) < 4.78 is 0. The first-order valence-corrected chi connectivity index (χ1v) is 22.3. The van der Waals surface area contributed by atoms with Crippen LogP contribution in [0.3, 0.4) is 0 Å². The highest BCUT2D eigenvalue weighted by molar-refractivity contribution is 6.92. The topological polar surface area (TPSA) is 0 Å². The maximum Gasteiger partial charge on any atom is 0.0850 e. The van der Waals surface area contributed by atoms with E-state index in [0.29, 0.717) is 17.4 Å². The van der Waals surface area contributed by atoms with Crippen molar-refractivity contribution < 1.29 is 0 Å². The molecule has 252 valence electrons. The van der Waals surface area contributed by atoms with Gasteiger partial charge in [0.05, 0.1) is 8.07 Å². The molecule has 1 aliphatic heterocycles. The third-order valence-electron chi connectivity index (χ3n) is 12.9. The second kappa shape index (κ2) is 11.6. The Bertz CT molecular complexity index is 2980. The molecule has 53 heavy (non-hydrogen) atoms. The van der Waals surface area contributed by atoms with Gasteiger partial charge in [-0.3, -0.25) is 0 Å². The highest BCUT2D eigenvalue weighted by atomic mass is 28.3. The van der Waals surface area contributed by atoms with E-state index >= 15 is 0 Å². The Morgan fingerprint density at radius 1 is 0.434 bits per heavy atom. The predicted molar refractivity (Wildman–Crippen MR) is 231 cm³/mol. The summed E-state index contributed by atoms with van der Waals surface area (Å²) in [6, 6.07) is 62.1. The zero-order valence-electron chi connectivity index (χ0n) is 30.2. The summed E-state index contributed by atoms with van der Waals surface area (Å²) >= 11 is 0. The zero-order chi connectivity index (χ0) is 35.3. The lowest BCUT2D eigenvalue weighted by atomic mass is 9.79. The normalized spacial score (nSPS) is 18.9. The van der Waals surface area contributed by atoms with E-state index in [1.807, 2.05) is 0 Å². The van der Waals surface area contributed by atoms with Crippen LogP contribution in [0, 0.1) is 0 Å². The Labute approximate surface area is 312 Å². The second-order valence-electron chi connectivity index (χ2n) is 16.1. The number of hydrogen-bond donors (Lipinski definition) is 0. The Hall–Kier alpha value is -5.76. The van der Waals surface area contributed by atoms with Crippen molar-refractivity contribution in [3.63, 3.8) is 0 Å². The number of rotatable bonds is 3. The molecular formula is C52H40Si. The molecule has 1 aliphatic carbocycles. The van der Waals surface area contributed by atoms with E-state index in [9.17, 15) is 0 Å². The highest BCUT2D eigenvalue weighted by Crippen LogP contribution is 2.55. The molecule has 3 unspecified atom stereocenters. The fourth-order valence-corrected chi connectivity index (χ4v) is 14.2. The molecule has 1 heteroatoms. The van der Waals surface area contributed by atoms with Gasteiger partial charge >= 0.3 is 0 Å². The molecule has 9 aromatic rings. The lowest BCUT2D eigenvalue weighted by Gasteiger charge is -2.34. The minimum Gasteiger partial charge on any atom is -0.0804 e. The van der Waals surface area contributed by atoms with Gasteiger partial charge in [0, 0.05) is 11.8 Å². The third kappa shape index (κ3) is 4.73. The summed E-state index contributed by atoms with van der Waals surface area (Å²) in [5.41, 5.74) is 8.96. The molecule has 0 saturated heterocycles. The zero-order valence-corrected chi connectivity index (χ0v) is 31.2. The van der Waals surface area contributed by atoms with E-state index in [2.05, 4.69) is 189 Å². The molecule has 0 nitrogen and oxygen atoms in total. The summed E-state index contributed by atoms with van der Waals surface area (Å²) in [6.45, 7) is 5.31. The lowest BCUT2D eigenvalue weighted by molar-refractivity contribution is 0.598. The van der Waals surface area contributed by atoms with Crippen molar-refractivity contribution in [2.45, 2.75) is 36.9 Å². The highest BCUT2D eigenvalue weighted by Gasteiger charge is 2.49. The van der Waals surface area contributed by atoms with Crippen molar-refractivity contribution in [1.29, 1.82) is 0 Å². The minimum absolute atomic E-state index is 0.445. The van der Waals surface area contributed by atoms with Crippen molar-refractivity contribution >= 4 is 67.1 Å². The van der Waals surface area contributed by atoms with E-state index in [-0.39, 0.29) is 0 Å². The fraction of sp³-hybridized carbons (Fsp3) is 0.115. The number of allylic oxidation sites excluding steroid dienone is 2. The Balaban J connectivity index is 1.17. The van der Waals surface area contributed by atoms with Crippen molar-refractivity contribution in [3.8, 4) is 22.3 Å². The molecule has 0 fully saturated rings. The maximum absolute atomic E-state index is 2.68. The molecule has 3 atom stereocenters. The Kier molecular flexibility index (Phi) is 6.76. The van der Waals surface area contributed by atoms with Gasteiger partial charge in [-0.25, -0.2) is 0 Å².